The molecule has 0 saturated carbocycles. The molecule has 0 aliphatic rings. The molecule has 0 aliphatic carbocycles. The molecule has 1 aromatic heterocycles. The third kappa shape index (κ3) is 2.67. The summed E-state index contributed by atoms with van der Waals surface area (Å²) >= 11 is 0. The van der Waals surface area contributed by atoms with Gasteiger partial charge in [0.15, 0.2) is 11.6 Å². The predicted molar refractivity (Wildman–Crippen MR) is 76.3 cm³/mol. The molecular formula is C15H20FN3O. The van der Waals surface area contributed by atoms with E-state index >= 15 is 0 Å². The maximum Gasteiger partial charge on any atom is 0.165 e. The number of benzene rings is 1. The first kappa shape index (κ1) is 14.5. The number of methoxy groups -OCH3 is 1. The molecule has 20 heavy (non-hydrogen) atoms. The fourth-order valence-electron chi connectivity index (χ4n) is 2.36. The summed E-state index contributed by atoms with van der Waals surface area (Å²) in [5.74, 6) is -0.158. The number of rotatable bonds is 4. The molecule has 5 heteroatoms. The van der Waals surface area contributed by atoms with Gasteiger partial charge in [0.05, 0.1) is 12.8 Å². The Balaban J connectivity index is 2.23. The summed E-state index contributed by atoms with van der Waals surface area (Å²) in [6.07, 6.45) is 0.636. The highest BCUT2D eigenvalue weighted by Crippen LogP contribution is 2.24. The molecule has 0 bridgehead atoms. The van der Waals surface area contributed by atoms with Crippen molar-refractivity contribution in [1.29, 1.82) is 0 Å². The van der Waals surface area contributed by atoms with Gasteiger partial charge in [0.25, 0.3) is 0 Å². The highest BCUT2D eigenvalue weighted by molar-refractivity contribution is 5.33. The van der Waals surface area contributed by atoms with Crippen LogP contribution >= 0.6 is 0 Å². The van der Waals surface area contributed by atoms with E-state index in [0.29, 0.717) is 6.42 Å². The van der Waals surface area contributed by atoms with Crippen LogP contribution in [0.2, 0.25) is 0 Å². The second-order valence-corrected chi connectivity index (χ2v) is 4.98. The number of ether oxygens (including phenoxy) is 1. The molecule has 2 N–H and O–H groups in total. The van der Waals surface area contributed by atoms with Gasteiger partial charge in [-0.15, -0.1) is 0 Å². The van der Waals surface area contributed by atoms with Crippen LogP contribution in [0.3, 0.4) is 0 Å². The lowest BCUT2D eigenvalue weighted by molar-refractivity contribution is 0.386. The number of aryl methyl sites for hydroxylation is 2. The number of aromatic nitrogens is 2. The summed E-state index contributed by atoms with van der Waals surface area (Å²) in [6, 6.07) is 4.57. The van der Waals surface area contributed by atoms with Crippen LogP contribution in [0.1, 0.15) is 28.6 Å². The molecule has 0 fully saturated rings. The van der Waals surface area contributed by atoms with E-state index in [4.69, 9.17) is 10.5 Å². The van der Waals surface area contributed by atoms with Crippen molar-refractivity contribution in [2.45, 2.75) is 26.3 Å². The molecule has 1 unspecified atom stereocenters. The second-order valence-electron chi connectivity index (χ2n) is 4.98. The van der Waals surface area contributed by atoms with Crippen molar-refractivity contribution in [2.24, 2.45) is 12.8 Å². The summed E-state index contributed by atoms with van der Waals surface area (Å²) in [5, 5.41) is 4.37. The van der Waals surface area contributed by atoms with Crippen LogP contribution in [0.25, 0.3) is 0 Å². The Hall–Kier alpha value is -1.88. The zero-order valence-corrected chi connectivity index (χ0v) is 12.3. The van der Waals surface area contributed by atoms with E-state index in [1.807, 2.05) is 25.6 Å². The van der Waals surface area contributed by atoms with Gasteiger partial charge in [-0.05, 0) is 43.5 Å². The minimum absolute atomic E-state index is 0.231. The Morgan fingerprint density at radius 1 is 1.40 bits per heavy atom. The highest BCUT2D eigenvalue weighted by Gasteiger charge is 2.16. The van der Waals surface area contributed by atoms with Crippen molar-refractivity contribution in [3.63, 3.8) is 0 Å². The zero-order valence-electron chi connectivity index (χ0n) is 12.3. The number of hydrogen-bond acceptors (Lipinski definition) is 3. The smallest absolute Gasteiger partial charge is 0.165 e. The summed E-state index contributed by atoms with van der Waals surface area (Å²) in [5.41, 5.74) is 10.1. The Morgan fingerprint density at radius 3 is 2.60 bits per heavy atom. The lowest BCUT2D eigenvalue weighted by Gasteiger charge is -2.13. The Morgan fingerprint density at radius 2 is 2.10 bits per heavy atom. The van der Waals surface area contributed by atoms with Gasteiger partial charge in [-0.3, -0.25) is 4.68 Å². The third-order valence-electron chi connectivity index (χ3n) is 3.69. The fourth-order valence-corrected chi connectivity index (χ4v) is 2.36. The molecule has 1 atom stereocenters. The van der Waals surface area contributed by atoms with Crippen LogP contribution < -0.4 is 10.5 Å². The Bertz CT molecular complexity index is 622. The van der Waals surface area contributed by atoms with E-state index in [0.717, 1.165) is 22.5 Å². The quantitative estimate of drug-likeness (QED) is 0.933. The van der Waals surface area contributed by atoms with Crippen molar-refractivity contribution >= 4 is 0 Å². The first-order valence-electron chi connectivity index (χ1n) is 6.52. The molecule has 108 valence electrons. The average molecular weight is 277 g/mol. The SMILES string of the molecule is COc1ccc(C(N)Cc2c(C)nn(C)c2C)cc1F. The van der Waals surface area contributed by atoms with Gasteiger partial charge in [0, 0.05) is 18.8 Å². The summed E-state index contributed by atoms with van der Waals surface area (Å²) in [7, 11) is 3.35. The van der Waals surface area contributed by atoms with Crippen LogP contribution in [0.4, 0.5) is 4.39 Å². The maximum atomic E-state index is 13.7. The molecule has 0 amide bonds. The molecule has 0 radical (unpaired) electrons. The van der Waals surface area contributed by atoms with Crippen molar-refractivity contribution in [2.75, 3.05) is 7.11 Å². The van der Waals surface area contributed by atoms with Gasteiger partial charge in [-0.2, -0.15) is 5.10 Å². The molecule has 2 aromatic rings. The minimum Gasteiger partial charge on any atom is -0.494 e. The van der Waals surface area contributed by atoms with E-state index in [-0.39, 0.29) is 17.6 Å². The fraction of sp³-hybridized carbons (Fsp3) is 0.400. The molecule has 1 heterocycles. The Kier molecular flexibility index (Phi) is 4.09. The maximum absolute atomic E-state index is 13.7. The van der Waals surface area contributed by atoms with Crippen molar-refractivity contribution < 1.29 is 9.13 Å². The van der Waals surface area contributed by atoms with E-state index in [9.17, 15) is 4.39 Å². The highest BCUT2D eigenvalue weighted by atomic mass is 19.1. The van der Waals surface area contributed by atoms with E-state index in [1.165, 1.54) is 13.2 Å². The first-order chi connectivity index (χ1) is 9.43. The van der Waals surface area contributed by atoms with Crippen LogP contribution in [0, 0.1) is 19.7 Å². The Labute approximate surface area is 118 Å². The molecule has 2 rings (SSSR count). The number of nitrogens with zero attached hydrogens (tertiary/aromatic N) is 2. The van der Waals surface area contributed by atoms with Gasteiger partial charge in [0.1, 0.15) is 0 Å². The largest absolute Gasteiger partial charge is 0.494 e. The van der Waals surface area contributed by atoms with Crippen molar-refractivity contribution in [3.8, 4) is 5.75 Å². The number of halogens is 1. The normalized spacial score (nSPS) is 12.5. The van der Waals surface area contributed by atoms with Crippen LogP contribution in [-0.4, -0.2) is 16.9 Å². The standard InChI is InChI=1S/C15H20FN3O/c1-9-12(10(2)19(3)18-9)8-14(17)11-5-6-15(20-4)13(16)7-11/h5-7,14H,8,17H2,1-4H3. The zero-order chi connectivity index (χ0) is 14.9. The number of nitrogens with two attached hydrogens (primary N) is 1. The summed E-state index contributed by atoms with van der Waals surface area (Å²) < 4.78 is 20.5. The van der Waals surface area contributed by atoms with Gasteiger partial charge < -0.3 is 10.5 Å². The molecule has 4 nitrogen and oxygen atoms in total. The lowest BCUT2D eigenvalue weighted by Crippen LogP contribution is -2.14. The monoisotopic (exact) mass is 277 g/mol. The van der Waals surface area contributed by atoms with Crippen molar-refractivity contribution in [3.05, 3.63) is 46.5 Å². The van der Waals surface area contributed by atoms with E-state index < -0.39 is 0 Å². The van der Waals surface area contributed by atoms with Gasteiger partial charge in [-0.25, -0.2) is 4.39 Å². The summed E-state index contributed by atoms with van der Waals surface area (Å²) in [6.45, 7) is 3.97. The molecule has 0 saturated heterocycles. The summed E-state index contributed by atoms with van der Waals surface area (Å²) in [4.78, 5) is 0. The average Bonchev–Trinajstić information content (AvgIpc) is 2.65. The lowest BCUT2D eigenvalue weighted by atomic mass is 9.98. The second kappa shape index (κ2) is 5.63. The van der Waals surface area contributed by atoms with E-state index in [2.05, 4.69) is 5.10 Å². The van der Waals surface area contributed by atoms with E-state index in [1.54, 1.807) is 12.1 Å². The van der Waals surface area contributed by atoms with Crippen LogP contribution in [0.15, 0.2) is 18.2 Å². The molecule has 1 aromatic carbocycles. The third-order valence-corrected chi connectivity index (χ3v) is 3.69. The topological polar surface area (TPSA) is 53.1 Å². The van der Waals surface area contributed by atoms with Crippen molar-refractivity contribution in [1.82, 2.24) is 9.78 Å². The number of hydrogen-bond donors (Lipinski definition) is 1. The predicted octanol–water partition coefficient (Wildman–Crippen LogP) is 2.43. The first-order valence-corrected chi connectivity index (χ1v) is 6.52. The van der Waals surface area contributed by atoms with Crippen LogP contribution in [0.5, 0.6) is 5.75 Å². The van der Waals surface area contributed by atoms with Gasteiger partial charge in [0.2, 0.25) is 0 Å². The van der Waals surface area contributed by atoms with Gasteiger partial charge >= 0.3 is 0 Å². The molecule has 0 spiro atoms. The van der Waals surface area contributed by atoms with Crippen LogP contribution in [-0.2, 0) is 13.5 Å². The molecule has 0 aliphatic heterocycles. The van der Waals surface area contributed by atoms with Gasteiger partial charge in [-0.1, -0.05) is 6.07 Å². The minimum atomic E-state index is -0.389. The molecular weight excluding hydrogens is 257 g/mol.